The lowest BCUT2D eigenvalue weighted by molar-refractivity contribution is -0.136. The molecule has 0 fully saturated rings. The number of benzene rings is 1. The third-order valence-electron chi connectivity index (χ3n) is 2.81. The van der Waals surface area contributed by atoms with Gasteiger partial charge in [0.25, 0.3) is 0 Å². The second-order valence-electron chi connectivity index (χ2n) is 5.30. The molecule has 0 aliphatic rings. The zero-order valence-electron chi connectivity index (χ0n) is 11.4. The molecule has 1 amide bonds. The third kappa shape index (κ3) is 3.44. The lowest BCUT2D eigenvalue weighted by atomic mass is 10.0. The predicted molar refractivity (Wildman–Crippen MR) is 75.0 cm³/mol. The van der Waals surface area contributed by atoms with Crippen molar-refractivity contribution in [3.63, 3.8) is 0 Å². The Balaban J connectivity index is 2.94. The van der Waals surface area contributed by atoms with E-state index >= 15 is 0 Å². The normalized spacial score (nSPS) is 12.9. The first-order valence-corrected chi connectivity index (χ1v) is 6.11. The fourth-order valence-electron chi connectivity index (χ4n) is 1.79. The Morgan fingerprint density at radius 2 is 1.94 bits per heavy atom. The molecule has 0 spiro atoms. The van der Waals surface area contributed by atoms with Gasteiger partial charge in [-0.3, -0.25) is 4.79 Å². The Morgan fingerprint density at radius 3 is 2.39 bits per heavy atom. The fourth-order valence-corrected chi connectivity index (χ4v) is 1.79. The SMILES string of the molecule is C=CCN(C(=O)C(N)c1ccccc1)C(C)(C)C. The van der Waals surface area contributed by atoms with Gasteiger partial charge in [-0.25, -0.2) is 0 Å². The van der Waals surface area contributed by atoms with E-state index in [1.807, 2.05) is 51.1 Å². The summed E-state index contributed by atoms with van der Waals surface area (Å²) < 4.78 is 0. The van der Waals surface area contributed by atoms with Crippen LogP contribution in [0.4, 0.5) is 0 Å². The molecule has 3 nitrogen and oxygen atoms in total. The summed E-state index contributed by atoms with van der Waals surface area (Å²) >= 11 is 0. The summed E-state index contributed by atoms with van der Waals surface area (Å²) in [5, 5.41) is 0. The third-order valence-corrected chi connectivity index (χ3v) is 2.81. The standard InChI is InChI=1S/C15H22N2O/c1-5-11-17(15(2,3)4)14(18)13(16)12-9-7-6-8-10-12/h5-10,13H,1,11,16H2,2-4H3. The lowest BCUT2D eigenvalue weighted by Gasteiger charge is -2.36. The molecule has 18 heavy (non-hydrogen) atoms. The zero-order chi connectivity index (χ0) is 13.8. The highest BCUT2D eigenvalue weighted by molar-refractivity contribution is 5.83. The topological polar surface area (TPSA) is 46.3 Å². The number of hydrogen-bond donors (Lipinski definition) is 1. The molecule has 1 unspecified atom stereocenters. The van der Waals surface area contributed by atoms with E-state index in [9.17, 15) is 4.79 Å². The molecule has 0 aliphatic heterocycles. The number of hydrogen-bond acceptors (Lipinski definition) is 2. The number of carbonyl (C=O) groups is 1. The van der Waals surface area contributed by atoms with Gasteiger partial charge in [0.05, 0.1) is 0 Å². The van der Waals surface area contributed by atoms with Crippen molar-refractivity contribution in [2.24, 2.45) is 5.73 Å². The van der Waals surface area contributed by atoms with Gasteiger partial charge in [-0.1, -0.05) is 36.4 Å². The van der Waals surface area contributed by atoms with E-state index in [0.717, 1.165) is 5.56 Å². The molecular weight excluding hydrogens is 224 g/mol. The van der Waals surface area contributed by atoms with Gasteiger partial charge in [0.2, 0.25) is 5.91 Å². The molecule has 0 radical (unpaired) electrons. The van der Waals surface area contributed by atoms with Crippen molar-refractivity contribution in [2.75, 3.05) is 6.54 Å². The van der Waals surface area contributed by atoms with Crippen LogP contribution in [0.5, 0.6) is 0 Å². The number of rotatable bonds is 4. The van der Waals surface area contributed by atoms with E-state index < -0.39 is 6.04 Å². The minimum Gasteiger partial charge on any atom is -0.333 e. The Bertz CT molecular complexity index is 406. The van der Waals surface area contributed by atoms with Gasteiger partial charge < -0.3 is 10.6 Å². The zero-order valence-corrected chi connectivity index (χ0v) is 11.4. The van der Waals surface area contributed by atoms with Crippen molar-refractivity contribution >= 4 is 5.91 Å². The van der Waals surface area contributed by atoms with Crippen molar-refractivity contribution < 1.29 is 4.79 Å². The molecule has 0 saturated carbocycles. The average molecular weight is 246 g/mol. The van der Waals surface area contributed by atoms with E-state index in [1.54, 1.807) is 11.0 Å². The first-order chi connectivity index (χ1) is 8.38. The van der Waals surface area contributed by atoms with Crippen LogP contribution in [0.2, 0.25) is 0 Å². The highest BCUT2D eigenvalue weighted by atomic mass is 16.2. The van der Waals surface area contributed by atoms with Crippen LogP contribution in [0, 0.1) is 0 Å². The Labute approximate surface area is 109 Å². The van der Waals surface area contributed by atoms with Crippen molar-refractivity contribution in [2.45, 2.75) is 32.4 Å². The van der Waals surface area contributed by atoms with Crippen molar-refractivity contribution in [3.05, 3.63) is 48.6 Å². The van der Waals surface area contributed by atoms with E-state index in [2.05, 4.69) is 6.58 Å². The predicted octanol–water partition coefficient (Wildman–Crippen LogP) is 2.50. The number of amides is 1. The van der Waals surface area contributed by atoms with Gasteiger partial charge in [0, 0.05) is 12.1 Å². The van der Waals surface area contributed by atoms with E-state index in [1.165, 1.54) is 0 Å². The van der Waals surface area contributed by atoms with Crippen LogP contribution in [0.1, 0.15) is 32.4 Å². The van der Waals surface area contributed by atoms with Crippen LogP contribution < -0.4 is 5.73 Å². The van der Waals surface area contributed by atoms with Crippen LogP contribution in [-0.2, 0) is 4.79 Å². The second-order valence-corrected chi connectivity index (χ2v) is 5.30. The molecule has 3 heteroatoms. The van der Waals surface area contributed by atoms with Crippen LogP contribution >= 0.6 is 0 Å². The fraction of sp³-hybridized carbons (Fsp3) is 0.400. The van der Waals surface area contributed by atoms with Crippen LogP contribution in [0.3, 0.4) is 0 Å². The number of nitrogens with two attached hydrogens (primary N) is 1. The van der Waals surface area contributed by atoms with Crippen LogP contribution in [0.15, 0.2) is 43.0 Å². The Kier molecular flexibility index (Phi) is 4.68. The van der Waals surface area contributed by atoms with Gasteiger partial charge >= 0.3 is 0 Å². The summed E-state index contributed by atoms with van der Waals surface area (Å²) in [5.74, 6) is -0.0754. The minimum absolute atomic E-state index is 0.0754. The second kappa shape index (κ2) is 5.83. The summed E-state index contributed by atoms with van der Waals surface area (Å²) in [6.07, 6.45) is 1.72. The van der Waals surface area contributed by atoms with Crippen molar-refractivity contribution in [3.8, 4) is 0 Å². The maximum absolute atomic E-state index is 12.4. The van der Waals surface area contributed by atoms with Gasteiger partial charge in [-0.05, 0) is 26.3 Å². The average Bonchev–Trinajstić information content (AvgIpc) is 2.34. The molecule has 0 heterocycles. The molecule has 0 aliphatic carbocycles. The monoisotopic (exact) mass is 246 g/mol. The molecular formula is C15H22N2O. The summed E-state index contributed by atoms with van der Waals surface area (Å²) in [7, 11) is 0. The Morgan fingerprint density at radius 1 is 1.39 bits per heavy atom. The summed E-state index contributed by atoms with van der Waals surface area (Å²) in [5.41, 5.74) is 6.61. The quantitative estimate of drug-likeness (QED) is 0.830. The molecule has 1 aromatic carbocycles. The van der Waals surface area contributed by atoms with Crippen LogP contribution in [-0.4, -0.2) is 22.9 Å². The molecule has 1 atom stereocenters. The largest absolute Gasteiger partial charge is 0.333 e. The molecule has 98 valence electrons. The van der Waals surface area contributed by atoms with Crippen molar-refractivity contribution in [1.82, 2.24) is 4.90 Å². The highest BCUT2D eigenvalue weighted by Gasteiger charge is 2.29. The van der Waals surface area contributed by atoms with Gasteiger partial charge in [-0.15, -0.1) is 6.58 Å². The summed E-state index contributed by atoms with van der Waals surface area (Å²) in [6, 6.07) is 8.81. The maximum atomic E-state index is 12.4. The summed E-state index contributed by atoms with van der Waals surface area (Å²) in [4.78, 5) is 14.2. The minimum atomic E-state index is -0.620. The molecule has 0 aromatic heterocycles. The van der Waals surface area contributed by atoms with E-state index in [-0.39, 0.29) is 11.4 Å². The molecule has 1 aromatic rings. The molecule has 0 bridgehead atoms. The van der Waals surface area contributed by atoms with Gasteiger partial charge in [0.15, 0.2) is 0 Å². The van der Waals surface area contributed by atoms with E-state index in [0.29, 0.717) is 6.54 Å². The van der Waals surface area contributed by atoms with E-state index in [4.69, 9.17) is 5.73 Å². The number of carbonyl (C=O) groups excluding carboxylic acids is 1. The lowest BCUT2D eigenvalue weighted by Crippen LogP contribution is -2.49. The first-order valence-electron chi connectivity index (χ1n) is 6.11. The smallest absolute Gasteiger partial charge is 0.244 e. The highest BCUT2D eigenvalue weighted by Crippen LogP contribution is 2.20. The number of nitrogens with zero attached hydrogens (tertiary/aromatic N) is 1. The van der Waals surface area contributed by atoms with Gasteiger partial charge in [-0.2, -0.15) is 0 Å². The first kappa shape index (κ1) is 14.5. The maximum Gasteiger partial charge on any atom is 0.244 e. The summed E-state index contributed by atoms with van der Waals surface area (Å²) in [6.45, 7) is 10.2. The molecule has 0 saturated heterocycles. The van der Waals surface area contributed by atoms with Crippen LogP contribution in [0.25, 0.3) is 0 Å². The molecule has 1 rings (SSSR count). The Hall–Kier alpha value is -1.61. The van der Waals surface area contributed by atoms with Crippen molar-refractivity contribution in [1.29, 1.82) is 0 Å². The van der Waals surface area contributed by atoms with Gasteiger partial charge in [0.1, 0.15) is 6.04 Å². The molecule has 2 N–H and O–H groups in total.